The molecule has 0 saturated carbocycles. The van der Waals surface area contributed by atoms with Gasteiger partial charge in [0.15, 0.2) is 0 Å². The summed E-state index contributed by atoms with van der Waals surface area (Å²) >= 11 is 0. The molecule has 0 aliphatic carbocycles. The van der Waals surface area contributed by atoms with Gasteiger partial charge in [0.2, 0.25) is 5.88 Å². The number of pyridine rings is 1. The largest absolute Gasteiger partial charge is 0.476 e. The maximum atomic E-state index is 12.5. The van der Waals surface area contributed by atoms with Crippen LogP contribution in [0.5, 0.6) is 5.88 Å². The van der Waals surface area contributed by atoms with E-state index in [2.05, 4.69) is 10.3 Å². The molecule has 2 heterocycles. The van der Waals surface area contributed by atoms with E-state index in [4.69, 9.17) is 10.00 Å². The molecule has 1 N–H and O–H groups in total. The standard InChI is InChI=1S/C12H12F3N3O/c13-12(14,15)10-2-1-9(5-16)11(18-10)19-7-8-3-4-17-6-8/h1-2,8,17H,3-4,6-7H2. The van der Waals surface area contributed by atoms with Crippen molar-refractivity contribution in [2.24, 2.45) is 5.92 Å². The van der Waals surface area contributed by atoms with E-state index in [0.717, 1.165) is 31.6 Å². The van der Waals surface area contributed by atoms with E-state index < -0.39 is 11.9 Å². The number of ether oxygens (including phenoxy) is 1. The molecule has 7 heteroatoms. The number of halogens is 3. The molecule has 0 bridgehead atoms. The van der Waals surface area contributed by atoms with Crippen molar-refractivity contribution in [2.45, 2.75) is 12.6 Å². The highest BCUT2D eigenvalue weighted by Crippen LogP contribution is 2.30. The lowest BCUT2D eigenvalue weighted by molar-refractivity contribution is -0.141. The zero-order valence-electron chi connectivity index (χ0n) is 10.00. The van der Waals surface area contributed by atoms with Crippen molar-refractivity contribution in [1.82, 2.24) is 10.3 Å². The molecule has 0 radical (unpaired) electrons. The molecule has 4 nitrogen and oxygen atoms in total. The number of hydrogen-bond donors (Lipinski definition) is 1. The first-order valence-corrected chi connectivity index (χ1v) is 5.82. The Kier molecular flexibility index (Phi) is 3.90. The van der Waals surface area contributed by atoms with Gasteiger partial charge in [0, 0.05) is 12.5 Å². The number of aromatic nitrogens is 1. The van der Waals surface area contributed by atoms with Crippen LogP contribution in [0.1, 0.15) is 17.7 Å². The Balaban J connectivity index is 2.14. The first kappa shape index (κ1) is 13.6. The SMILES string of the molecule is N#Cc1ccc(C(F)(F)F)nc1OCC1CCNC1. The predicted octanol–water partition coefficient (Wildman–Crippen LogP) is 1.96. The molecule has 1 saturated heterocycles. The van der Waals surface area contributed by atoms with E-state index >= 15 is 0 Å². The topological polar surface area (TPSA) is 57.9 Å². The fourth-order valence-electron chi connectivity index (χ4n) is 1.85. The van der Waals surface area contributed by atoms with Gasteiger partial charge in [-0.3, -0.25) is 0 Å². The van der Waals surface area contributed by atoms with Crippen LogP contribution in [0.4, 0.5) is 13.2 Å². The summed E-state index contributed by atoms with van der Waals surface area (Å²) < 4.78 is 42.9. The first-order valence-electron chi connectivity index (χ1n) is 5.82. The second-order valence-corrected chi connectivity index (χ2v) is 4.33. The van der Waals surface area contributed by atoms with Gasteiger partial charge in [-0.25, -0.2) is 4.98 Å². The van der Waals surface area contributed by atoms with E-state index in [1.807, 2.05) is 0 Å². The van der Waals surface area contributed by atoms with Crippen LogP contribution in [0.2, 0.25) is 0 Å². The quantitative estimate of drug-likeness (QED) is 0.913. The van der Waals surface area contributed by atoms with Crippen LogP contribution in [-0.4, -0.2) is 24.7 Å². The van der Waals surface area contributed by atoms with Gasteiger partial charge in [0.1, 0.15) is 17.3 Å². The summed E-state index contributed by atoms with van der Waals surface area (Å²) in [5.41, 5.74) is -1.04. The smallest absolute Gasteiger partial charge is 0.433 e. The average molecular weight is 271 g/mol. The maximum Gasteiger partial charge on any atom is 0.433 e. The highest BCUT2D eigenvalue weighted by atomic mass is 19.4. The van der Waals surface area contributed by atoms with Crippen molar-refractivity contribution < 1.29 is 17.9 Å². The summed E-state index contributed by atoms with van der Waals surface area (Å²) in [7, 11) is 0. The second kappa shape index (κ2) is 5.45. The summed E-state index contributed by atoms with van der Waals surface area (Å²) in [5, 5.41) is 12.0. The highest BCUT2D eigenvalue weighted by molar-refractivity contribution is 5.39. The Hall–Kier alpha value is -1.81. The van der Waals surface area contributed by atoms with E-state index in [0.29, 0.717) is 0 Å². The summed E-state index contributed by atoms with van der Waals surface area (Å²) in [6.45, 7) is 1.89. The molecule has 1 aromatic heterocycles. The van der Waals surface area contributed by atoms with Crippen LogP contribution in [0, 0.1) is 17.2 Å². The Morgan fingerprint density at radius 1 is 1.47 bits per heavy atom. The lowest BCUT2D eigenvalue weighted by Gasteiger charge is -2.13. The zero-order valence-corrected chi connectivity index (χ0v) is 10.00. The minimum absolute atomic E-state index is 0.0129. The van der Waals surface area contributed by atoms with Crippen molar-refractivity contribution in [3.05, 3.63) is 23.4 Å². The van der Waals surface area contributed by atoms with Gasteiger partial charge in [-0.15, -0.1) is 0 Å². The fourth-order valence-corrected chi connectivity index (χ4v) is 1.85. The van der Waals surface area contributed by atoms with Gasteiger partial charge in [-0.1, -0.05) is 0 Å². The van der Waals surface area contributed by atoms with Gasteiger partial charge in [0.25, 0.3) is 0 Å². The number of alkyl halides is 3. The minimum Gasteiger partial charge on any atom is -0.476 e. The van der Waals surface area contributed by atoms with Gasteiger partial charge in [0.05, 0.1) is 6.61 Å². The van der Waals surface area contributed by atoms with Gasteiger partial charge in [-0.2, -0.15) is 18.4 Å². The van der Waals surface area contributed by atoms with Crippen molar-refractivity contribution >= 4 is 0 Å². The molecule has 19 heavy (non-hydrogen) atoms. The monoisotopic (exact) mass is 271 g/mol. The molecule has 1 unspecified atom stereocenters. The number of nitrogens with one attached hydrogen (secondary N) is 1. The van der Waals surface area contributed by atoms with Crippen molar-refractivity contribution in [1.29, 1.82) is 5.26 Å². The van der Waals surface area contributed by atoms with Crippen LogP contribution in [0.15, 0.2) is 12.1 Å². The van der Waals surface area contributed by atoms with Crippen molar-refractivity contribution in [3.63, 3.8) is 0 Å². The van der Waals surface area contributed by atoms with Crippen LogP contribution < -0.4 is 10.1 Å². The molecule has 1 fully saturated rings. The number of hydrogen-bond acceptors (Lipinski definition) is 4. The van der Waals surface area contributed by atoms with Crippen molar-refractivity contribution in [2.75, 3.05) is 19.7 Å². The third kappa shape index (κ3) is 3.35. The summed E-state index contributed by atoms with van der Waals surface area (Å²) in [5.74, 6) is -0.00730. The Morgan fingerprint density at radius 3 is 2.84 bits per heavy atom. The molecule has 1 aromatic rings. The van der Waals surface area contributed by atoms with Crippen LogP contribution >= 0.6 is 0 Å². The molecule has 0 aromatic carbocycles. The molecular formula is C12H12F3N3O. The van der Waals surface area contributed by atoms with Crippen LogP contribution in [0.3, 0.4) is 0 Å². The fraction of sp³-hybridized carbons (Fsp3) is 0.500. The summed E-state index contributed by atoms with van der Waals surface area (Å²) in [6.07, 6.45) is -3.64. The molecule has 2 rings (SSSR count). The molecule has 1 atom stereocenters. The van der Waals surface area contributed by atoms with E-state index in [9.17, 15) is 13.2 Å². The van der Waals surface area contributed by atoms with E-state index in [1.54, 1.807) is 6.07 Å². The third-order valence-corrected chi connectivity index (χ3v) is 2.89. The number of nitrogens with zero attached hydrogens (tertiary/aromatic N) is 2. The molecule has 1 aliphatic heterocycles. The maximum absolute atomic E-state index is 12.5. The third-order valence-electron chi connectivity index (χ3n) is 2.89. The average Bonchev–Trinajstić information content (AvgIpc) is 2.88. The minimum atomic E-state index is -4.54. The lowest BCUT2D eigenvalue weighted by Crippen LogP contribution is -2.17. The predicted molar refractivity (Wildman–Crippen MR) is 60.4 cm³/mol. The highest BCUT2D eigenvalue weighted by Gasteiger charge is 2.33. The Labute approximate surface area is 108 Å². The van der Waals surface area contributed by atoms with Crippen molar-refractivity contribution in [3.8, 4) is 11.9 Å². The summed E-state index contributed by atoms with van der Waals surface area (Å²) in [6, 6.07) is 3.64. The van der Waals surface area contributed by atoms with E-state index in [-0.39, 0.29) is 24.0 Å². The normalized spacial score (nSPS) is 19.2. The Bertz CT molecular complexity index is 490. The Morgan fingerprint density at radius 2 is 2.26 bits per heavy atom. The molecular weight excluding hydrogens is 259 g/mol. The van der Waals surface area contributed by atoms with Gasteiger partial charge < -0.3 is 10.1 Å². The molecule has 0 spiro atoms. The second-order valence-electron chi connectivity index (χ2n) is 4.33. The molecule has 1 aliphatic rings. The number of nitriles is 1. The van der Waals surface area contributed by atoms with E-state index in [1.165, 1.54) is 0 Å². The van der Waals surface area contributed by atoms with Crippen LogP contribution in [0.25, 0.3) is 0 Å². The van der Waals surface area contributed by atoms with Gasteiger partial charge >= 0.3 is 6.18 Å². The molecule has 102 valence electrons. The number of rotatable bonds is 3. The summed E-state index contributed by atoms with van der Waals surface area (Å²) in [4.78, 5) is 3.39. The lowest BCUT2D eigenvalue weighted by atomic mass is 10.1. The first-order chi connectivity index (χ1) is 9.00. The van der Waals surface area contributed by atoms with Crippen LogP contribution in [-0.2, 0) is 6.18 Å². The van der Waals surface area contributed by atoms with Gasteiger partial charge in [-0.05, 0) is 25.1 Å². The molecule has 0 amide bonds. The zero-order chi connectivity index (χ0) is 13.9.